The number of carbonyl (C=O) groups is 1. The number of phenols is 1. The van der Waals surface area contributed by atoms with Crippen LogP contribution in [0, 0.1) is 5.92 Å². The van der Waals surface area contributed by atoms with Gasteiger partial charge in [0.25, 0.3) is 0 Å². The number of benzene rings is 1. The molecule has 2 aliphatic heterocycles. The van der Waals surface area contributed by atoms with Crippen LogP contribution < -0.4 is 5.32 Å². The van der Waals surface area contributed by atoms with Crippen molar-refractivity contribution in [1.82, 2.24) is 9.62 Å². The molecule has 114 valence electrons. The number of hydrogen-bond acceptors (Lipinski definition) is 4. The van der Waals surface area contributed by atoms with Crippen molar-refractivity contribution in [2.75, 3.05) is 13.1 Å². The van der Waals surface area contributed by atoms with E-state index in [2.05, 4.69) is 5.32 Å². The molecule has 0 bridgehead atoms. The first-order valence-electron chi connectivity index (χ1n) is 7.05. The molecule has 2 fully saturated rings. The summed E-state index contributed by atoms with van der Waals surface area (Å²) in [6, 6.07) is 5.68. The number of aromatic hydroxyl groups is 1. The smallest absolute Gasteiger partial charge is 0.243 e. The number of piperidine rings is 2. The molecule has 1 amide bonds. The Morgan fingerprint density at radius 1 is 1.19 bits per heavy atom. The Bertz CT molecular complexity index is 641. The minimum absolute atomic E-state index is 0.0441. The van der Waals surface area contributed by atoms with Crippen LogP contribution in [0.4, 0.5) is 0 Å². The third-order valence-electron chi connectivity index (χ3n) is 4.26. The Hall–Kier alpha value is -1.60. The van der Waals surface area contributed by atoms with E-state index in [0.29, 0.717) is 25.9 Å². The SMILES string of the molecule is O=C1CCC2CN(S(=O)(=O)c3ccc(O)cc3)CCC2N1. The van der Waals surface area contributed by atoms with E-state index in [1.807, 2.05) is 0 Å². The number of fused-ring (bicyclic) bond motifs is 1. The molecule has 2 N–H and O–H groups in total. The second-order valence-electron chi connectivity index (χ2n) is 5.62. The van der Waals surface area contributed by atoms with Crippen LogP contribution in [0.3, 0.4) is 0 Å². The average molecular weight is 310 g/mol. The summed E-state index contributed by atoms with van der Waals surface area (Å²) in [5.41, 5.74) is 0. The molecular weight excluding hydrogens is 292 g/mol. The van der Waals surface area contributed by atoms with E-state index in [1.54, 1.807) is 0 Å². The first-order valence-corrected chi connectivity index (χ1v) is 8.49. The van der Waals surface area contributed by atoms with Crippen LogP contribution in [-0.4, -0.2) is 42.9 Å². The van der Waals surface area contributed by atoms with Crippen molar-refractivity contribution in [2.45, 2.75) is 30.2 Å². The van der Waals surface area contributed by atoms with Crippen LogP contribution in [0.5, 0.6) is 5.75 Å². The van der Waals surface area contributed by atoms with Gasteiger partial charge in [0.05, 0.1) is 4.90 Å². The zero-order chi connectivity index (χ0) is 15.0. The number of nitrogens with zero attached hydrogens (tertiary/aromatic N) is 1. The van der Waals surface area contributed by atoms with Crippen molar-refractivity contribution in [3.05, 3.63) is 24.3 Å². The van der Waals surface area contributed by atoms with Gasteiger partial charge >= 0.3 is 0 Å². The maximum absolute atomic E-state index is 12.6. The highest BCUT2D eigenvalue weighted by Gasteiger charge is 2.38. The Balaban J connectivity index is 1.78. The number of hydrogen-bond donors (Lipinski definition) is 2. The Labute approximate surface area is 123 Å². The van der Waals surface area contributed by atoms with Crippen LogP contribution in [0.2, 0.25) is 0 Å². The van der Waals surface area contributed by atoms with E-state index in [1.165, 1.54) is 28.6 Å². The zero-order valence-electron chi connectivity index (χ0n) is 11.5. The molecule has 1 aromatic carbocycles. The third-order valence-corrected chi connectivity index (χ3v) is 6.14. The minimum Gasteiger partial charge on any atom is -0.508 e. The maximum Gasteiger partial charge on any atom is 0.243 e. The molecule has 0 saturated carbocycles. The molecule has 0 aromatic heterocycles. The third kappa shape index (κ3) is 2.75. The average Bonchev–Trinajstić information content (AvgIpc) is 2.47. The second-order valence-corrected chi connectivity index (χ2v) is 7.56. The minimum atomic E-state index is -3.53. The summed E-state index contributed by atoms with van der Waals surface area (Å²) in [5, 5.41) is 12.2. The van der Waals surface area contributed by atoms with Gasteiger partial charge in [-0.25, -0.2) is 8.42 Å². The van der Waals surface area contributed by atoms with Crippen molar-refractivity contribution < 1.29 is 18.3 Å². The Kier molecular flexibility index (Phi) is 3.62. The van der Waals surface area contributed by atoms with Gasteiger partial charge in [-0.2, -0.15) is 4.31 Å². The van der Waals surface area contributed by atoms with E-state index in [4.69, 9.17) is 0 Å². The highest BCUT2D eigenvalue weighted by Crippen LogP contribution is 2.29. The molecule has 2 atom stereocenters. The molecule has 0 aliphatic carbocycles. The molecule has 0 spiro atoms. The Morgan fingerprint density at radius 2 is 1.90 bits per heavy atom. The summed E-state index contributed by atoms with van der Waals surface area (Å²) in [7, 11) is -3.53. The Morgan fingerprint density at radius 3 is 2.62 bits per heavy atom. The second kappa shape index (κ2) is 5.31. The zero-order valence-corrected chi connectivity index (χ0v) is 12.3. The van der Waals surface area contributed by atoms with Crippen LogP contribution in [0.25, 0.3) is 0 Å². The number of rotatable bonds is 2. The van der Waals surface area contributed by atoms with E-state index in [-0.39, 0.29) is 28.5 Å². The quantitative estimate of drug-likeness (QED) is 0.841. The molecule has 7 heteroatoms. The number of amides is 1. The normalized spacial score (nSPS) is 27.0. The number of sulfonamides is 1. The van der Waals surface area contributed by atoms with Crippen molar-refractivity contribution >= 4 is 15.9 Å². The largest absolute Gasteiger partial charge is 0.508 e. The molecule has 1 aromatic rings. The summed E-state index contributed by atoms with van der Waals surface area (Å²) in [6.45, 7) is 0.846. The van der Waals surface area contributed by atoms with E-state index in [0.717, 1.165) is 6.42 Å². The van der Waals surface area contributed by atoms with E-state index < -0.39 is 10.0 Å². The van der Waals surface area contributed by atoms with Crippen LogP contribution in [-0.2, 0) is 14.8 Å². The lowest BCUT2D eigenvalue weighted by atomic mass is 9.86. The predicted octanol–water partition coefficient (Wildman–Crippen LogP) is 0.681. The lowest BCUT2D eigenvalue weighted by Gasteiger charge is -2.40. The first kappa shape index (κ1) is 14.3. The summed E-state index contributed by atoms with van der Waals surface area (Å²) in [4.78, 5) is 11.6. The van der Waals surface area contributed by atoms with E-state index >= 15 is 0 Å². The van der Waals surface area contributed by atoms with Crippen molar-refractivity contribution in [3.63, 3.8) is 0 Å². The van der Waals surface area contributed by atoms with Gasteiger partial charge in [0.1, 0.15) is 5.75 Å². The van der Waals surface area contributed by atoms with Gasteiger partial charge in [-0.05, 0) is 43.0 Å². The fourth-order valence-electron chi connectivity index (χ4n) is 3.06. The molecule has 2 heterocycles. The topological polar surface area (TPSA) is 86.7 Å². The van der Waals surface area contributed by atoms with Gasteiger partial charge in [-0.1, -0.05) is 0 Å². The number of phenolic OH excluding ortho intramolecular Hbond substituents is 1. The maximum atomic E-state index is 12.6. The highest BCUT2D eigenvalue weighted by atomic mass is 32.2. The van der Waals surface area contributed by atoms with Gasteiger partial charge < -0.3 is 10.4 Å². The monoisotopic (exact) mass is 310 g/mol. The fourth-order valence-corrected chi connectivity index (χ4v) is 4.57. The molecular formula is C14H18N2O4S. The lowest BCUT2D eigenvalue weighted by molar-refractivity contribution is -0.124. The van der Waals surface area contributed by atoms with Crippen molar-refractivity contribution in [3.8, 4) is 5.75 Å². The summed E-state index contributed by atoms with van der Waals surface area (Å²) >= 11 is 0. The summed E-state index contributed by atoms with van der Waals surface area (Å²) < 4.78 is 26.7. The van der Waals surface area contributed by atoms with Gasteiger partial charge in [-0.15, -0.1) is 0 Å². The highest BCUT2D eigenvalue weighted by molar-refractivity contribution is 7.89. The number of carbonyl (C=O) groups excluding carboxylic acids is 1. The van der Waals surface area contributed by atoms with Gasteiger partial charge in [-0.3, -0.25) is 4.79 Å². The number of nitrogens with one attached hydrogen (secondary N) is 1. The summed E-state index contributed by atoms with van der Waals surface area (Å²) in [6.07, 6.45) is 1.85. The molecule has 3 rings (SSSR count). The van der Waals surface area contributed by atoms with Crippen LogP contribution in [0.15, 0.2) is 29.2 Å². The molecule has 2 saturated heterocycles. The standard InChI is InChI=1S/C14H18N2O4S/c17-11-2-4-12(5-3-11)21(19,20)16-8-7-13-10(9-16)1-6-14(18)15-13/h2-5,10,13,17H,1,6-9H2,(H,15,18). The first-order chi connectivity index (χ1) is 9.96. The molecule has 0 radical (unpaired) electrons. The van der Waals surface area contributed by atoms with Crippen molar-refractivity contribution in [1.29, 1.82) is 0 Å². The summed E-state index contributed by atoms with van der Waals surface area (Å²) in [5.74, 6) is 0.289. The predicted molar refractivity (Wildman–Crippen MR) is 76.1 cm³/mol. The van der Waals surface area contributed by atoms with Crippen LogP contribution in [0.1, 0.15) is 19.3 Å². The van der Waals surface area contributed by atoms with Crippen LogP contribution >= 0.6 is 0 Å². The van der Waals surface area contributed by atoms with Gasteiger partial charge in [0, 0.05) is 25.6 Å². The molecule has 21 heavy (non-hydrogen) atoms. The molecule has 2 unspecified atom stereocenters. The molecule has 2 aliphatic rings. The van der Waals surface area contributed by atoms with Gasteiger partial charge in [0.15, 0.2) is 0 Å². The fraction of sp³-hybridized carbons (Fsp3) is 0.500. The van der Waals surface area contributed by atoms with E-state index in [9.17, 15) is 18.3 Å². The molecule has 6 nitrogen and oxygen atoms in total. The van der Waals surface area contributed by atoms with Crippen molar-refractivity contribution in [2.24, 2.45) is 5.92 Å². The lowest BCUT2D eigenvalue weighted by Crippen LogP contribution is -2.54. The van der Waals surface area contributed by atoms with Gasteiger partial charge in [0.2, 0.25) is 15.9 Å².